The van der Waals surface area contributed by atoms with Gasteiger partial charge in [0.15, 0.2) is 0 Å². The van der Waals surface area contributed by atoms with E-state index in [1.165, 1.54) is 122 Å². The monoisotopic (exact) mass is 407 g/mol. The fourth-order valence-electron chi connectivity index (χ4n) is 5.97. The third-order valence-corrected chi connectivity index (χ3v) is 8.00. The molecule has 0 aromatic rings. The summed E-state index contributed by atoms with van der Waals surface area (Å²) in [6.45, 7) is 7.41. The van der Waals surface area contributed by atoms with E-state index >= 15 is 0 Å². The zero-order chi connectivity index (χ0) is 20.9. The maximum atomic E-state index is 6.93. The summed E-state index contributed by atoms with van der Waals surface area (Å²) in [6.07, 6.45) is 21.0. The molecule has 0 bridgehead atoms. The number of piperidine rings is 2. The fraction of sp³-hybridized carbons (Fsp3) is 1.00. The number of nitrogens with zero attached hydrogens (tertiary/aromatic N) is 2. The Hall–Kier alpha value is -0.120. The topological polar surface area (TPSA) is 32.5 Å². The molecule has 2 N–H and O–H groups in total. The molecule has 0 radical (unpaired) electrons. The van der Waals surface area contributed by atoms with Gasteiger partial charge in [-0.15, -0.1) is 0 Å². The Balaban J connectivity index is 1.68. The predicted octanol–water partition coefficient (Wildman–Crippen LogP) is 5.92. The predicted molar refractivity (Wildman–Crippen MR) is 128 cm³/mol. The van der Waals surface area contributed by atoms with Gasteiger partial charge in [-0.3, -0.25) is 0 Å². The van der Waals surface area contributed by atoms with Crippen LogP contribution in [0.1, 0.15) is 103 Å². The molecule has 172 valence electrons. The molecule has 3 nitrogen and oxygen atoms in total. The SMILES string of the molecule is CCCCCCCCCCCCC(N)C(C1CCN(C)CC1)C1CCN(C)CC1. The zero-order valence-corrected chi connectivity index (χ0v) is 20.2. The molecule has 2 aliphatic rings. The van der Waals surface area contributed by atoms with Crippen molar-refractivity contribution in [1.82, 2.24) is 9.80 Å². The van der Waals surface area contributed by atoms with Crippen molar-refractivity contribution in [3.05, 3.63) is 0 Å². The molecule has 2 heterocycles. The highest BCUT2D eigenvalue weighted by Crippen LogP contribution is 2.38. The van der Waals surface area contributed by atoms with Gasteiger partial charge in [0, 0.05) is 6.04 Å². The van der Waals surface area contributed by atoms with Crippen LogP contribution >= 0.6 is 0 Å². The molecular weight excluding hydrogens is 354 g/mol. The van der Waals surface area contributed by atoms with Crippen LogP contribution in [-0.4, -0.2) is 56.1 Å². The quantitative estimate of drug-likeness (QED) is 0.362. The summed E-state index contributed by atoms with van der Waals surface area (Å²) in [6, 6.07) is 0.436. The van der Waals surface area contributed by atoms with E-state index in [1.807, 2.05) is 0 Å². The summed E-state index contributed by atoms with van der Waals surface area (Å²) in [4.78, 5) is 5.02. The zero-order valence-electron chi connectivity index (χ0n) is 20.2. The van der Waals surface area contributed by atoms with E-state index in [4.69, 9.17) is 5.73 Å². The normalized spacial score (nSPS) is 21.8. The van der Waals surface area contributed by atoms with Crippen molar-refractivity contribution in [2.24, 2.45) is 23.5 Å². The van der Waals surface area contributed by atoms with Gasteiger partial charge in [0.2, 0.25) is 0 Å². The van der Waals surface area contributed by atoms with E-state index in [0.717, 1.165) is 17.8 Å². The lowest BCUT2D eigenvalue weighted by Gasteiger charge is -2.44. The van der Waals surface area contributed by atoms with Crippen LogP contribution in [0.3, 0.4) is 0 Å². The Morgan fingerprint density at radius 2 is 1.03 bits per heavy atom. The average Bonchev–Trinajstić information content (AvgIpc) is 2.72. The van der Waals surface area contributed by atoms with E-state index in [-0.39, 0.29) is 0 Å². The third kappa shape index (κ3) is 9.70. The molecule has 0 aromatic heterocycles. The number of nitrogens with two attached hydrogens (primary N) is 1. The second kappa shape index (κ2) is 14.8. The average molecular weight is 408 g/mol. The lowest BCUT2D eigenvalue weighted by atomic mass is 9.69. The molecule has 2 saturated heterocycles. The Morgan fingerprint density at radius 1 is 0.655 bits per heavy atom. The van der Waals surface area contributed by atoms with Gasteiger partial charge in [0.25, 0.3) is 0 Å². The number of hydrogen-bond acceptors (Lipinski definition) is 3. The molecule has 0 aliphatic carbocycles. The van der Waals surface area contributed by atoms with Crippen molar-refractivity contribution in [2.75, 3.05) is 40.3 Å². The molecule has 0 saturated carbocycles. The second-order valence-electron chi connectivity index (χ2n) is 10.5. The lowest BCUT2D eigenvalue weighted by molar-refractivity contribution is 0.0733. The fourth-order valence-corrected chi connectivity index (χ4v) is 5.97. The molecule has 1 atom stereocenters. The first kappa shape index (κ1) is 25.1. The molecule has 3 heteroatoms. The number of unbranched alkanes of at least 4 members (excludes halogenated alkanes) is 9. The van der Waals surface area contributed by atoms with Crippen LogP contribution in [-0.2, 0) is 0 Å². The number of rotatable bonds is 14. The lowest BCUT2D eigenvalue weighted by Crippen LogP contribution is -2.46. The van der Waals surface area contributed by atoms with Crippen molar-refractivity contribution >= 4 is 0 Å². The first-order chi connectivity index (χ1) is 14.1. The Kier molecular flexibility index (Phi) is 12.8. The highest BCUT2D eigenvalue weighted by molar-refractivity contribution is 4.89. The van der Waals surface area contributed by atoms with Gasteiger partial charge in [-0.25, -0.2) is 0 Å². The molecule has 0 spiro atoms. The summed E-state index contributed by atoms with van der Waals surface area (Å²) < 4.78 is 0. The number of hydrogen-bond donors (Lipinski definition) is 1. The smallest absolute Gasteiger partial charge is 0.00724 e. The molecule has 2 fully saturated rings. The van der Waals surface area contributed by atoms with Gasteiger partial charge in [0.1, 0.15) is 0 Å². The Bertz CT molecular complexity index is 361. The van der Waals surface area contributed by atoms with Crippen molar-refractivity contribution in [3.63, 3.8) is 0 Å². The standard InChI is InChI=1S/C26H53N3/c1-4-5-6-7-8-9-10-11-12-13-14-25(27)26(23-15-19-28(2)20-16-23)24-17-21-29(3)22-18-24/h23-26H,4-22,27H2,1-3H3. The summed E-state index contributed by atoms with van der Waals surface area (Å²) in [7, 11) is 4.56. The summed E-state index contributed by atoms with van der Waals surface area (Å²) in [5.74, 6) is 2.52. The van der Waals surface area contributed by atoms with E-state index in [0.29, 0.717) is 6.04 Å². The van der Waals surface area contributed by atoms with Crippen LogP contribution in [0.15, 0.2) is 0 Å². The molecule has 29 heavy (non-hydrogen) atoms. The summed E-state index contributed by atoms with van der Waals surface area (Å²) in [5.41, 5.74) is 6.93. The van der Waals surface area contributed by atoms with E-state index < -0.39 is 0 Å². The van der Waals surface area contributed by atoms with Gasteiger partial charge in [-0.2, -0.15) is 0 Å². The minimum atomic E-state index is 0.436. The summed E-state index contributed by atoms with van der Waals surface area (Å²) >= 11 is 0. The van der Waals surface area contributed by atoms with Crippen LogP contribution in [0.4, 0.5) is 0 Å². The van der Waals surface area contributed by atoms with Crippen molar-refractivity contribution in [1.29, 1.82) is 0 Å². The van der Waals surface area contributed by atoms with Crippen LogP contribution in [0.5, 0.6) is 0 Å². The first-order valence-corrected chi connectivity index (χ1v) is 13.2. The van der Waals surface area contributed by atoms with Gasteiger partial charge >= 0.3 is 0 Å². The third-order valence-electron chi connectivity index (χ3n) is 8.00. The minimum absolute atomic E-state index is 0.436. The maximum Gasteiger partial charge on any atom is 0.00724 e. The largest absolute Gasteiger partial charge is 0.327 e. The van der Waals surface area contributed by atoms with Crippen molar-refractivity contribution < 1.29 is 0 Å². The van der Waals surface area contributed by atoms with E-state index in [9.17, 15) is 0 Å². The molecule has 2 aliphatic heterocycles. The van der Waals surface area contributed by atoms with Gasteiger partial charge < -0.3 is 15.5 Å². The summed E-state index contributed by atoms with van der Waals surface area (Å²) in [5, 5.41) is 0. The second-order valence-corrected chi connectivity index (χ2v) is 10.5. The highest BCUT2D eigenvalue weighted by atomic mass is 15.1. The van der Waals surface area contributed by atoms with Crippen molar-refractivity contribution in [3.8, 4) is 0 Å². The molecule has 0 amide bonds. The van der Waals surface area contributed by atoms with Crippen LogP contribution in [0.25, 0.3) is 0 Å². The van der Waals surface area contributed by atoms with Gasteiger partial charge in [-0.05, 0) is 90.1 Å². The highest BCUT2D eigenvalue weighted by Gasteiger charge is 2.36. The molecule has 0 aromatic carbocycles. The molecule has 2 rings (SSSR count). The van der Waals surface area contributed by atoms with E-state index in [1.54, 1.807) is 0 Å². The Labute approximate surface area is 183 Å². The van der Waals surface area contributed by atoms with Gasteiger partial charge in [-0.1, -0.05) is 71.1 Å². The van der Waals surface area contributed by atoms with Crippen LogP contribution < -0.4 is 5.73 Å². The molecule has 1 unspecified atom stereocenters. The van der Waals surface area contributed by atoms with Gasteiger partial charge in [0.05, 0.1) is 0 Å². The first-order valence-electron chi connectivity index (χ1n) is 13.2. The molecular formula is C26H53N3. The van der Waals surface area contributed by atoms with Crippen molar-refractivity contribution in [2.45, 2.75) is 109 Å². The van der Waals surface area contributed by atoms with Crippen LogP contribution in [0, 0.1) is 17.8 Å². The maximum absolute atomic E-state index is 6.93. The number of likely N-dealkylation sites (tertiary alicyclic amines) is 2. The minimum Gasteiger partial charge on any atom is -0.327 e. The van der Waals surface area contributed by atoms with E-state index in [2.05, 4.69) is 30.8 Å². The van der Waals surface area contributed by atoms with Crippen LogP contribution in [0.2, 0.25) is 0 Å². The Morgan fingerprint density at radius 3 is 1.45 bits per heavy atom.